The molecule has 2 rings (SSSR count). The van der Waals surface area contributed by atoms with Gasteiger partial charge < -0.3 is 10.1 Å². The van der Waals surface area contributed by atoms with Crippen LogP contribution in [0.3, 0.4) is 0 Å². The van der Waals surface area contributed by atoms with Gasteiger partial charge in [-0.2, -0.15) is 0 Å². The zero-order valence-corrected chi connectivity index (χ0v) is 12.4. The second kappa shape index (κ2) is 6.90. The highest BCUT2D eigenvalue weighted by Crippen LogP contribution is 2.29. The molecular weight excluding hydrogens is 236 g/mol. The van der Waals surface area contributed by atoms with E-state index in [0.717, 1.165) is 31.2 Å². The molecule has 0 amide bonds. The van der Waals surface area contributed by atoms with Crippen molar-refractivity contribution >= 4 is 0 Å². The number of rotatable bonds is 5. The Morgan fingerprint density at radius 1 is 1.37 bits per heavy atom. The first-order valence-electron chi connectivity index (χ1n) is 7.55. The third-order valence-corrected chi connectivity index (χ3v) is 4.02. The highest BCUT2D eigenvalue weighted by atomic mass is 16.5. The molecule has 1 atom stereocenters. The van der Waals surface area contributed by atoms with Crippen molar-refractivity contribution in [1.29, 1.82) is 0 Å². The number of nitrogens with one attached hydrogen (secondary N) is 1. The van der Waals surface area contributed by atoms with Crippen LogP contribution < -0.4 is 10.1 Å². The van der Waals surface area contributed by atoms with Crippen LogP contribution in [0.25, 0.3) is 0 Å². The molecule has 19 heavy (non-hydrogen) atoms. The van der Waals surface area contributed by atoms with E-state index in [1.54, 1.807) is 0 Å². The highest BCUT2D eigenvalue weighted by molar-refractivity contribution is 5.28. The van der Waals surface area contributed by atoms with Crippen molar-refractivity contribution in [2.45, 2.75) is 58.6 Å². The molecule has 1 aromatic rings. The average Bonchev–Trinajstić information content (AvgIpc) is 2.42. The smallest absolute Gasteiger partial charge is 0.218 e. The molecule has 1 aromatic heterocycles. The zero-order chi connectivity index (χ0) is 13.7. The molecule has 1 unspecified atom stereocenters. The summed E-state index contributed by atoms with van der Waals surface area (Å²) in [5.74, 6) is 1.67. The monoisotopic (exact) mass is 262 g/mol. The normalized spacial score (nSPS) is 25.0. The highest BCUT2D eigenvalue weighted by Gasteiger charge is 2.21. The Bertz CT molecular complexity index is 386. The number of ether oxygens (including phenoxy) is 1. The van der Waals surface area contributed by atoms with Gasteiger partial charge in [-0.1, -0.05) is 19.9 Å². The fourth-order valence-electron chi connectivity index (χ4n) is 2.75. The van der Waals surface area contributed by atoms with Crippen LogP contribution in [0.4, 0.5) is 0 Å². The third kappa shape index (κ3) is 3.93. The summed E-state index contributed by atoms with van der Waals surface area (Å²) in [6, 6.07) is 4.39. The molecule has 0 spiro atoms. The summed E-state index contributed by atoms with van der Waals surface area (Å²) < 4.78 is 6.15. The summed E-state index contributed by atoms with van der Waals surface area (Å²) in [6.07, 6.45) is 7.03. The van der Waals surface area contributed by atoms with Gasteiger partial charge in [0, 0.05) is 17.8 Å². The van der Waals surface area contributed by atoms with Gasteiger partial charge in [0.2, 0.25) is 5.88 Å². The van der Waals surface area contributed by atoms with Gasteiger partial charge in [-0.15, -0.1) is 0 Å². The van der Waals surface area contributed by atoms with E-state index in [4.69, 9.17) is 4.74 Å². The zero-order valence-electron chi connectivity index (χ0n) is 12.4. The Morgan fingerprint density at radius 2 is 2.11 bits per heavy atom. The van der Waals surface area contributed by atoms with E-state index in [0.29, 0.717) is 6.10 Å². The second-order valence-electron chi connectivity index (χ2n) is 5.68. The Hall–Kier alpha value is -1.09. The maximum atomic E-state index is 6.15. The van der Waals surface area contributed by atoms with Crippen LogP contribution in [0.1, 0.15) is 58.1 Å². The van der Waals surface area contributed by atoms with Gasteiger partial charge >= 0.3 is 0 Å². The van der Waals surface area contributed by atoms with E-state index >= 15 is 0 Å². The van der Waals surface area contributed by atoms with Crippen LogP contribution in [0.2, 0.25) is 0 Å². The first-order chi connectivity index (χ1) is 9.20. The van der Waals surface area contributed by atoms with Crippen molar-refractivity contribution in [2.75, 3.05) is 6.54 Å². The molecule has 1 heterocycles. The number of hydrogen-bond donors (Lipinski definition) is 1. The fraction of sp³-hybridized carbons (Fsp3) is 0.688. The van der Waals surface area contributed by atoms with E-state index in [1.807, 2.05) is 12.3 Å². The number of pyridine rings is 1. The molecule has 0 bridgehead atoms. The molecule has 1 N–H and O–H groups in total. The third-order valence-electron chi connectivity index (χ3n) is 4.02. The predicted octanol–water partition coefficient (Wildman–Crippen LogP) is 3.71. The lowest BCUT2D eigenvalue weighted by molar-refractivity contribution is 0.128. The van der Waals surface area contributed by atoms with E-state index in [2.05, 4.69) is 37.1 Å². The van der Waals surface area contributed by atoms with Crippen molar-refractivity contribution in [3.8, 4) is 5.88 Å². The molecule has 1 aliphatic rings. The van der Waals surface area contributed by atoms with Gasteiger partial charge in [0.05, 0.1) is 0 Å². The van der Waals surface area contributed by atoms with Gasteiger partial charge in [0.15, 0.2) is 0 Å². The standard InChI is InChI=1S/C16H26N2O/c1-4-17-13(3)15-6-5-11-18-16(15)19-14-9-7-12(2)8-10-14/h5-6,11-14,17H,4,7-10H2,1-3H3. The van der Waals surface area contributed by atoms with Gasteiger partial charge in [0.25, 0.3) is 0 Å². The summed E-state index contributed by atoms with van der Waals surface area (Å²) in [6.45, 7) is 7.57. The topological polar surface area (TPSA) is 34.2 Å². The lowest BCUT2D eigenvalue weighted by Crippen LogP contribution is -2.25. The first-order valence-corrected chi connectivity index (χ1v) is 7.55. The molecule has 0 aromatic carbocycles. The number of hydrogen-bond acceptors (Lipinski definition) is 3. The van der Waals surface area contributed by atoms with Crippen LogP contribution in [0.5, 0.6) is 5.88 Å². The van der Waals surface area contributed by atoms with Crippen LogP contribution in [0, 0.1) is 5.92 Å². The summed E-state index contributed by atoms with van der Waals surface area (Å²) in [5.41, 5.74) is 1.17. The average molecular weight is 262 g/mol. The van der Waals surface area contributed by atoms with E-state index < -0.39 is 0 Å². The van der Waals surface area contributed by atoms with Crippen LogP contribution in [-0.4, -0.2) is 17.6 Å². The Kier molecular flexibility index (Phi) is 5.20. The Morgan fingerprint density at radius 3 is 2.79 bits per heavy atom. The van der Waals surface area contributed by atoms with Crippen LogP contribution >= 0.6 is 0 Å². The summed E-state index contributed by atoms with van der Waals surface area (Å²) in [5, 5.41) is 3.43. The maximum absolute atomic E-state index is 6.15. The molecule has 3 heteroatoms. The Labute approximate surface area is 116 Å². The van der Waals surface area contributed by atoms with Crippen LogP contribution in [-0.2, 0) is 0 Å². The van der Waals surface area contributed by atoms with Gasteiger partial charge in [0.1, 0.15) is 6.10 Å². The van der Waals surface area contributed by atoms with Crippen molar-refractivity contribution in [1.82, 2.24) is 10.3 Å². The fourth-order valence-corrected chi connectivity index (χ4v) is 2.75. The first kappa shape index (κ1) is 14.3. The molecular formula is C16H26N2O. The summed E-state index contributed by atoms with van der Waals surface area (Å²) in [4.78, 5) is 4.43. The number of aromatic nitrogens is 1. The predicted molar refractivity (Wildman–Crippen MR) is 78.4 cm³/mol. The maximum Gasteiger partial charge on any atom is 0.218 e. The molecule has 3 nitrogen and oxygen atoms in total. The largest absolute Gasteiger partial charge is 0.474 e. The van der Waals surface area contributed by atoms with Crippen molar-refractivity contribution in [3.05, 3.63) is 23.9 Å². The quantitative estimate of drug-likeness (QED) is 0.878. The minimum atomic E-state index is 0.288. The SMILES string of the molecule is CCNC(C)c1cccnc1OC1CCC(C)CC1. The molecule has 106 valence electrons. The minimum Gasteiger partial charge on any atom is -0.474 e. The number of nitrogens with zero attached hydrogens (tertiary/aromatic N) is 1. The van der Waals surface area contributed by atoms with E-state index in [9.17, 15) is 0 Å². The van der Waals surface area contributed by atoms with E-state index in [1.165, 1.54) is 18.4 Å². The molecule has 0 radical (unpaired) electrons. The lowest BCUT2D eigenvalue weighted by atomic mass is 9.89. The summed E-state index contributed by atoms with van der Waals surface area (Å²) >= 11 is 0. The lowest BCUT2D eigenvalue weighted by Gasteiger charge is -2.27. The summed E-state index contributed by atoms with van der Waals surface area (Å²) in [7, 11) is 0. The molecule has 1 fully saturated rings. The van der Waals surface area contributed by atoms with Crippen molar-refractivity contribution < 1.29 is 4.74 Å². The molecule has 1 saturated carbocycles. The molecule has 0 saturated heterocycles. The molecule has 0 aliphatic heterocycles. The second-order valence-corrected chi connectivity index (χ2v) is 5.68. The Balaban J connectivity index is 2.03. The van der Waals surface area contributed by atoms with Crippen molar-refractivity contribution in [3.63, 3.8) is 0 Å². The van der Waals surface area contributed by atoms with Gasteiger partial charge in [-0.3, -0.25) is 0 Å². The van der Waals surface area contributed by atoms with Crippen LogP contribution in [0.15, 0.2) is 18.3 Å². The minimum absolute atomic E-state index is 0.288. The van der Waals surface area contributed by atoms with Gasteiger partial charge in [-0.25, -0.2) is 4.98 Å². The molecule has 1 aliphatic carbocycles. The van der Waals surface area contributed by atoms with Crippen molar-refractivity contribution in [2.24, 2.45) is 5.92 Å². The van der Waals surface area contributed by atoms with Gasteiger partial charge in [-0.05, 0) is 51.1 Å². The van der Waals surface area contributed by atoms with E-state index in [-0.39, 0.29) is 6.04 Å².